The summed E-state index contributed by atoms with van der Waals surface area (Å²) in [7, 11) is 0. The van der Waals surface area contributed by atoms with Gasteiger partial charge in [-0.15, -0.1) is 0 Å². The molecule has 0 spiro atoms. The van der Waals surface area contributed by atoms with Gasteiger partial charge in [0.2, 0.25) is 0 Å². The van der Waals surface area contributed by atoms with E-state index in [1.165, 1.54) is 16.7 Å². The zero-order valence-electron chi connectivity index (χ0n) is 11.9. The van der Waals surface area contributed by atoms with Crippen molar-refractivity contribution >= 4 is 0 Å². The number of benzene rings is 2. The van der Waals surface area contributed by atoms with Gasteiger partial charge in [-0.1, -0.05) is 84.5 Å². The third-order valence-corrected chi connectivity index (χ3v) is 4.36. The van der Waals surface area contributed by atoms with Crippen molar-refractivity contribution in [3.05, 3.63) is 95.6 Å². The molecule has 2 aromatic carbocycles. The fourth-order valence-corrected chi connectivity index (χ4v) is 3.10. The van der Waals surface area contributed by atoms with E-state index in [0.717, 1.165) is 12.8 Å². The molecular formula is C20H20. The molecule has 0 amide bonds. The number of allylic oxidation sites excluding steroid dienone is 4. The van der Waals surface area contributed by atoms with E-state index in [0.29, 0.717) is 0 Å². The van der Waals surface area contributed by atoms with Crippen LogP contribution in [0, 0.1) is 0 Å². The fourth-order valence-electron chi connectivity index (χ4n) is 3.10. The van der Waals surface area contributed by atoms with Gasteiger partial charge in [-0.05, 0) is 30.9 Å². The summed E-state index contributed by atoms with van der Waals surface area (Å²) in [5.74, 6) is 0. The molecule has 2 aromatic rings. The minimum atomic E-state index is -0.0344. The van der Waals surface area contributed by atoms with E-state index in [-0.39, 0.29) is 5.41 Å². The summed E-state index contributed by atoms with van der Waals surface area (Å²) >= 11 is 0. The minimum Gasteiger partial charge on any atom is -0.0842 e. The summed E-state index contributed by atoms with van der Waals surface area (Å²) in [6.07, 6.45) is 9.02. The van der Waals surface area contributed by atoms with Gasteiger partial charge in [0.15, 0.2) is 0 Å². The van der Waals surface area contributed by atoms with Gasteiger partial charge in [0.25, 0.3) is 0 Å². The molecule has 0 unspecified atom stereocenters. The number of hydrogen-bond donors (Lipinski definition) is 0. The van der Waals surface area contributed by atoms with Crippen molar-refractivity contribution in [3.63, 3.8) is 0 Å². The van der Waals surface area contributed by atoms with Gasteiger partial charge in [0, 0.05) is 5.41 Å². The molecule has 0 heteroatoms. The van der Waals surface area contributed by atoms with E-state index in [9.17, 15) is 0 Å². The van der Waals surface area contributed by atoms with Crippen molar-refractivity contribution in [1.29, 1.82) is 0 Å². The predicted octanol–water partition coefficient (Wildman–Crippen LogP) is 5.27. The van der Waals surface area contributed by atoms with Crippen LogP contribution < -0.4 is 0 Å². The lowest BCUT2D eigenvalue weighted by Gasteiger charge is -2.35. The molecule has 0 saturated carbocycles. The molecule has 0 N–H and O–H groups in total. The first-order valence-electron chi connectivity index (χ1n) is 7.29. The molecule has 0 radical (unpaired) electrons. The largest absolute Gasteiger partial charge is 0.0842 e. The Kier molecular flexibility index (Phi) is 3.56. The zero-order valence-corrected chi connectivity index (χ0v) is 11.9. The SMILES string of the molecule is CC(C1=CC=CCC1)(c1ccccc1)c1ccccc1. The van der Waals surface area contributed by atoms with E-state index in [1.807, 2.05) is 0 Å². The Bertz CT molecular complexity index is 578. The predicted molar refractivity (Wildman–Crippen MR) is 85.8 cm³/mol. The quantitative estimate of drug-likeness (QED) is 0.705. The Labute approximate surface area is 121 Å². The molecule has 0 heterocycles. The molecule has 1 aliphatic carbocycles. The summed E-state index contributed by atoms with van der Waals surface area (Å²) in [6, 6.07) is 21.7. The molecule has 0 aliphatic heterocycles. The molecular weight excluding hydrogens is 240 g/mol. The van der Waals surface area contributed by atoms with E-state index in [1.54, 1.807) is 0 Å². The Hall–Kier alpha value is -2.08. The third kappa shape index (κ3) is 2.22. The van der Waals surface area contributed by atoms with Crippen molar-refractivity contribution in [2.45, 2.75) is 25.2 Å². The molecule has 0 atom stereocenters. The smallest absolute Gasteiger partial charge is 0.0386 e. The Morgan fingerprint density at radius 3 is 1.80 bits per heavy atom. The van der Waals surface area contributed by atoms with Crippen LogP contribution in [0.5, 0.6) is 0 Å². The van der Waals surface area contributed by atoms with E-state index >= 15 is 0 Å². The average Bonchev–Trinajstić information content (AvgIpc) is 2.56. The summed E-state index contributed by atoms with van der Waals surface area (Å²) in [5.41, 5.74) is 4.20. The average molecular weight is 260 g/mol. The first kappa shape index (κ1) is 12.9. The third-order valence-electron chi connectivity index (χ3n) is 4.36. The van der Waals surface area contributed by atoms with Crippen LogP contribution in [-0.4, -0.2) is 0 Å². The highest BCUT2D eigenvalue weighted by molar-refractivity contribution is 5.49. The molecule has 1 aliphatic rings. The Morgan fingerprint density at radius 1 is 0.800 bits per heavy atom. The van der Waals surface area contributed by atoms with E-state index in [4.69, 9.17) is 0 Å². The minimum absolute atomic E-state index is 0.0344. The maximum absolute atomic E-state index is 2.35. The van der Waals surface area contributed by atoms with Gasteiger partial charge in [0.05, 0.1) is 0 Å². The lowest BCUT2D eigenvalue weighted by Crippen LogP contribution is -2.27. The standard InChI is InChI=1S/C20H20/c1-20(17-11-5-2-6-12-17,18-13-7-3-8-14-18)19-15-9-4-10-16-19/h2-9,11-15H,10,16H2,1H3. The van der Waals surface area contributed by atoms with Crippen LogP contribution in [0.25, 0.3) is 0 Å². The van der Waals surface area contributed by atoms with Crippen molar-refractivity contribution in [2.24, 2.45) is 0 Å². The molecule has 0 aromatic heterocycles. The van der Waals surface area contributed by atoms with Gasteiger partial charge >= 0.3 is 0 Å². The highest BCUT2D eigenvalue weighted by Crippen LogP contribution is 2.41. The van der Waals surface area contributed by atoms with E-state index in [2.05, 4.69) is 85.8 Å². The second kappa shape index (κ2) is 5.50. The van der Waals surface area contributed by atoms with Crippen molar-refractivity contribution in [3.8, 4) is 0 Å². The lowest BCUT2D eigenvalue weighted by atomic mass is 9.68. The highest BCUT2D eigenvalue weighted by Gasteiger charge is 2.32. The summed E-state index contributed by atoms with van der Waals surface area (Å²) in [4.78, 5) is 0. The van der Waals surface area contributed by atoms with Crippen molar-refractivity contribution in [1.82, 2.24) is 0 Å². The van der Waals surface area contributed by atoms with Gasteiger partial charge < -0.3 is 0 Å². The van der Waals surface area contributed by atoms with Crippen LogP contribution >= 0.6 is 0 Å². The number of hydrogen-bond acceptors (Lipinski definition) is 0. The van der Waals surface area contributed by atoms with Gasteiger partial charge in [-0.25, -0.2) is 0 Å². The number of rotatable bonds is 3. The zero-order chi connectivity index (χ0) is 13.8. The maximum Gasteiger partial charge on any atom is 0.0386 e. The first-order valence-corrected chi connectivity index (χ1v) is 7.29. The van der Waals surface area contributed by atoms with Gasteiger partial charge in [0.1, 0.15) is 0 Å². The summed E-state index contributed by atoms with van der Waals surface area (Å²) in [6.45, 7) is 2.35. The van der Waals surface area contributed by atoms with Crippen LogP contribution in [0.15, 0.2) is 84.5 Å². The van der Waals surface area contributed by atoms with Gasteiger partial charge in [-0.2, -0.15) is 0 Å². The molecule has 0 nitrogen and oxygen atoms in total. The second-order valence-corrected chi connectivity index (χ2v) is 5.52. The molecule has 3 rings (SSSR count). The van der Waals surface area contributed by atoms with Crippen LogP contribution in [0.3, 0.4) is 0 Å². The lowest BCUT2D eigenvalue weighted by molar-refractivity contribution is 0.634. The van der Waals surface area contributed by atoms with Crippen LogP contribution in [0.1, 0.15) is 30.9 Å². The van der Waals surface area contributed by atoms with Crippen molar-refractivity contribution < 1.29 is 0 Å². The molecule has 0 bridgehead atoms. The topological polar surface area (TPSA) is 0 Å². The first-order chi connectivity index (χ1) is 9.82. The normalized spacial score (nSPS) is 14.9. The van der Waals surface area contributed by atoms with Crippen LogP contribution in [-0.2, 0) is 5.41 Å². The monoisotopic (exact) mass is 260 g/mol. The maximum atomic E-state index is 2.35. The van der Waals surface area contributed by atoms with Gasteiger partial charge in [-0.3, -0.25) is 0 Å². The fraction of sp³-hybridized carbons (Fsp3) is 0.200. The molecule has 20 heavy (non-hydrogen) atoms. The Balaban J connectivity index is 2.18. The van der Waals surface area contributed by atoms with E-state index < -0.39 is 0 Å². The summed E-state index contributed by atoms with van der Waals surface area (Å²) < 4.78 is 0. The van der Waals surface area contributed by atoms with Crippen LogP contribution in [0.4, 0.5) is 0 Å². The Morgan fingerprint density at radius 2 is 1.35 bits per heavy atom. The molecule has 0 saturated heterocycles. The van der Waals surface area contributed by atoms with Crippen LogP contribution in [0.2, 0.25) is 0 Å². The van der Waals surface area contributed by atoms with Crippen molar-refractivity contribution in [2.75, 3.05) is 0 Å². The molecule has 0 fully saturated rings. The molecule has 100 valence electrons. The highest BCUT2D eigenvalue weighted by atomic mass is 14.3. The second-order valence-electron chi connectivity index (χ2n) is 5.52. The summed E-state index contributed by atoms with van der Waals surface area (Å²) in [5, 5.41) is 0.